The fourth-order valence-corrected chi connectivity index (χ4v) is 2.91. The first-order valence-corrected chi connectivity index (χ1v) is 8.23. The van der Waals surface area contributed by atoms with Gasteiger partial charge in [-0.3, -0.25) is 4.79 Å². The first-order chi connectivity index (χ1) is 10.6. The molecule has 0 radical (unpaired) electrons. The number of hydrogen-bond acceptors (Lipinski definition) is 3. The van der Waals surface area contributed by atoms with Crippen LogP contribution in [-0.4, -0.2) is 11.9 Å². The Morgan fingerprint density at radius 2 is 1.70 bits per heavy atom. The lowest BCUT2D eigenvalue weighted by atomic mass is 10.0. The summed E-state index contributed by atoms with van der Waals surface area (Å²) in [5, 5.41) is 2.97. The molecule has 124 valence electrons. The molecule has 0 saturated carbocycles. The van der Waals surface area contributed by atoms with Crippen molar-refractivity contribution >= 4 is 30.1 Å². The number of rotatable bonds is 6. The highest BCUT2D eigenvalue weighted by Crippen LogP contribution is 2.30. The van der Waals surface area contributed by atoms with Crippen LogP contribution in [0.15, 0.2) is 64.4 Å². The molecule has 3 nitrogen and oxygen atoms in total. The molecule has 2 atom stereocenters. The second-order valence-electron chi connectivity index (χ2n) is 5.39. The summed E-state index contributed by atoms with van der Waals surface area (Å²) in [6.45, 7) is 4.22. The summed E-state index contributed by atoms with van der Waals surface area (Å²) in [5.74, 6) is -0.191. The molecule has 0 spiro atoms. The molecule has 2 rings (SSSR count). The van der Waals surface area contributed by atoms with Gasteiger partial charge in [0.2, 0.25) is 5.91 Å². The van der Waals surface area contributed by atoms with Crippen LogP contribution in [0.3, 0.4) is 0 Å². The molecule has 2 aromatic rings. The third-order valence-electron chi connectivity index (χ3n) is 3.60. The molecule has 2 unspecified atom stereocenters. The first kappa shape index (κ1) is 19.6. The fraction of sp³-hybridized carbons (Fsp3) is 0.278. The molecule has 5 heteroatoms. The SMILES string of the molecule is CC(N)C(C)C(=O)NCc1ccccc1Sc1ccccc1.Cl. The molecular formula is C18H23ClN2OS. The molecule has 0 aliphatic heterocycles. The predicted molar refractivity (Wildman–Crippen MR) is 98.9 cm³/mol. The Balaban J connectivity index is 0.00000264. The lowest BCUT2D eigenvalue weighted by Gasteiger charge is -2.16. The second kappa shape index (κ2) is 9.60. The number of carbonyl (C=O) groups excluding carboxylic acids is 1. The number of halogens is 1. The van der Waals surface area contributed by atoms with Gasteiger partial charge in [-0.15, -0.1) is 12.4 Å². The van der Waals surface area contributed by atoms with E-state index in [0.717, 1.165) is 10.5 Å². The summed E-state index contributed by atoms with van der Waals surface area (Å²) >= 11 is 1.70. The maximum absolute atomic E-state index is 12.0. The van der Waals surface area contributed by atoms with Crippen LogP contribution in [0.5, 0.6) is 0 Å². The normalized spacial score (nSPS) is 12.8. The van der Waals surface area contributed by atoms with Crippen molar-refractivity contribution < 1.29 is 4.79 Å². The third-order valence-corrected chi connectivity index (χ3v) is 4.72. The first-order valence-electron chi connectivity index (χ1n) is 7.42. The van der Waals surface area contributed by atoms with Crippen molar-refractivity contribution in [2.24, 2.45) is 11.7 Å². The molecule has 0 aliphatic carbocycles. The van der Waals surface area contributed by atoms with E-state index in [1.807, 2.05) is 50.2 Å². The molecule has 0 aromatic heterocycles. The van der Waals surface area contributed by atoms with E-state index in [4.69, 9.17) is 5.73 Å². The van der Waals surface area contributed by atoms with Gasteiger partial charge in [-0.25, -0.2) is 0 Å². The lowest BCUT2D eigenvalue weighted by Crippen LogP contribution is -2.38. The van der Waals surface area contributed by atoms with Gasteiger partial charge in [-0.05, 0) is 30.7 Å². The number of amides is 1. The Hall–Kier alpha value is -1.49. The molecule has 23 heavy (non-hydrogen) atoms. The molecule has 2 aromatic carbocycles. The Morgan fingerprint density at radius 3 is 2.35 bits per heavy atom. The number of hydrogen-bond donors (Lipinski definition) is 2. The lowest BCUT2D eigenvalue weighted by molar-refractivity contribution is -0.125. The van der Waals surface area contributed by atoms with Crippen LogP contribution in [0.25, 0.3) is 0 Å². The van der Waals surface area contributed by atoms with Crippen LogP contribution in [-0.2, 0) is 11.3 Å². The largest absolute Gasteiger partial charge is 0.352 e. The van der Waals surface area contributed by atoms with Crippen LogP contribution in [0, 0.1) is 5.92 Å². The van der Waals surface area contributed by atoms with E-state index < -0.39 is 0 Å². The number of carbonyl (C=O) groups is 1. The van der Waals surface area contributed by atoms with E-state index in [1.165, 1.54) is 4.90 Å². The molecule has 0 aliphatic rings. The highest BCUT2D eigenvalue weighted by atomic mass is 35.5. The predicted octanol–water partition coefficient (Wildman–Crippen LogP) is 3.86. The van der Waals surface area contributed by atoms with Gasteiger partial charge in [-0.1, -0.05) is 55.1 Å². The average molecular weight is 351 g/mol. The van der Waals surface area contributed by atoms with E-state index in [-0.39, 0.29) is 30.3 Å². The number of nitrogens with two attached hydrogens (primary N) is 1. The zero-order chi connectivity index (χ0) is 15.9. The Labute approximate surface area is 148 Å². The third kappa shape index (κ3) is 5.90. The molecule has 0 heterocycles. The van der Waals surface area contributed by atoms with Crippen molar-refractivity contribution in [3.8, 4) is 0 Å². The van der Waals surface area contributed by atoms with Crippen molar-refractivity contribution in [1.29, 1.82) is 0 Å². The van der Waals surface area contributed by atoms with E-state index in [9.17, 15) is 4.79 Å². The van der Waals surface area contributed by atoms with Crippen molar-refractivity contribution in [3.05, 3.63) is 60.2 Å². The van der Waals surface area contributed by atoms with Crippen molar-refractivity contribution in [3.63, 3.8) is 0 Å². The highest BCUT2D eigenvalue weighted by Gasteiger charge is 2.16. The van der Waals surface area contributed by atoms with E-state index in [0.29, 0.717) is 6.54 Å². The molecular weight excluding hydrogens is 328 g/mol. The van der Waals surface area contributed by atoms with E-state index >= 15 is 0 Å². The van der Waals surface area contributed by atoms with Crippen LogP contribution in [0.4, 0.5) is 0 Å². The summed E-state index contributed by atoms with van der Waals surface area (Å²) in [7, 11) is 0. The maximum atomic E-state index is 12.0. The van der Waals surface area contributed by atoms with Gasteiger partial charge in [0.25, 0.3) is 0 Å². The quantitative estimate of drug-likeness (QED) is 0.831. The minimum Gasteiger partial charge on any atom is -0.352 e. The maximum Gasteiger partial charge on any atom is 0.224 e. The minimum atomic E-state index is -0.186. The molecule has 0 fully saturated rings. The van der Waals surface area contributed by atoms with Gasteiger partial charge in [0.15, 0.2) is 0 Å². The fourth-order valence-electron chi connectivity index (χ4n) is 1.95. The molecule has 1 amide bonds. The van der Waals surface area contributed by atoms with E-state index in [2.05, 4.69) is 23.5 Å². The topological polar surface area (TPSA) is 55.1 Å². The Kier molecular flexibility index (Phi) is 8.17. The van der Waals surface area contributed by atoms with Crippen molar-refractivity contribution in [2.75, 3.05) is 0 Å². The van der Waals surface area contributed by atoms with Crippen LogP contribution in [0.2, 0.25) is 0 Å². The van der Waals surface area contributed by atoms with Crippen LogP contribution < -0.4 is 11.1 Å². The highest BCUT2D eigenvalue weighted by molar-refractivity contribution is 7.99. The molecule has 0 bridgehead atoms. The van der Waals surface area contributed by atoms with Gasteiger partial charge in [0.05, 0.1) is 0 Å². The minimum absolute atomic E-state index is 0. The van der Waals surface area contributed by atoms with Crippen molar-refractivity contribution in [1.82, 2.24) is 5.32 Å². The summed E-state index contributed by atoms with van der Waals surface area (Å²) in [6.07, 6.45) is 0. The zero-order valence-electron chi connectivity index (χ0n) is 13.4. The standard InChI is InChI=1S/C18H22N2OS.ClH/c1-13(14(2)19)18(21)20-12-15-8-6-7-11-17(15)22-16-9-4-3-5-10-16;/h3-11,13-14H,12,19H2,1-2H3,(H,20,21);1H. The van der Waals surface area contributed by atoms with Gasteiger partial charge in [0, 0.05) is 28.3 Å². The zero-order valence-corrected chi connectivity index (χ0v) is 15.0. The Morgan fingerprint density at radius 1 is 1.09 bits per heavy atom. The second-order valence-corrected chi connectivity index (χ2v) is 6.50. The number of benzene rings is 2. The van der Waals surface area contributed by atoms with Gasteiger partial charge in [0.1, 0.15) is 0 Å². The summed E-state index contributed by atoms with van der Waals surface area (Å²) in [4.78, 5) is 14.4. The summed E-state index contributed by atoms with van der Waals surface area (Å²) < 4.78 is 0. The molecule has 3 N–H and O–H groups in total. The smallest absolute Gasteiger partial charge is 0.224 e. The van der Waals surface area contributed by atoms with Gasteiger partial charge < -0.3 is 11.1 Å². The van der Waals surface area contributed by atoms with E-state index in [1.54, 1.807) is 11.8 Å². The average Bonchev–Trinajstić information content (AvgIpc) is 2.54. The summed E-state index contributed by atoms with van der Waals surface area (Å²) in [5.41, 5.74) is 6.89. The van der Waals surface area contributed by atoms with Crippen molar-refractivity contribution in [2.45, 2.75) is 36.2 Å². The number of nitrogens with one attached hydrogen (secondary N) is 1. The Bertz CT molecular complexity index is 619. The van der Waals surface area contributed by atoms with Gasteiger partial charge >= 0.3 is 0 Å². The summed E-state index contributed by atoms with van der Waals surface area (Å²) in [6, 6.07) is 18.2. The van der Waals surface area contributed by atoms with Crippen LogP contribution >= 0.6 is 24.2 Å². The van der Waals surface area contributed by atoms with Crippen LogP contribution in [0.1, 0.15) is 19.4 Å². The molecule has 0 saturated heterocycles. The monoisotopic (exact) mass is 350 g/mol. The van der Waals surface area contributed by atoms with Gasteiger partial charge in [-0.2, -0.15) is 0 Å².